The number of fused-ring (bicyclic) bond motifs is 1. The zero-order valence-corrected chi connectivity index (χ0v) is 21.8. The summed E-state index contributed by atoms with van der Waals surface area (Å²) in [6.45, 7) is 16.5. The third-order valence-electron chi connectivity index (χ3n) is 7.28. The number of carbonyl (C=O) groups excluding carboxylic acids is 4. The van der Waals surface area contributed by atoms with Crippen LogP contribution in [0.1, 0.15) is 68.2 Å². The Morgan fingerprint density at radius 1 is 1.15 bits per heavy atom. The van der Waals surface area contributed by atoms with Crippen LogP contribution in [0.3, 0.4) is 0 Å². The van der Waals surface area contributed by atoms with Crippen LogP contribution in [0.25, 0.3) is 0 Å². The summed E-state index contributed by atoms with van der Waals surface area (Å²) in [4.78, 5) is 52.6. The van der Waals surface area contributed by atoms with Crippen LogP contribution in [-0.2, 0) is 14.4 Å². The van der Waals surface area contributed by atoms with Crippen LogP contribution in [0.15, 0.2) is 0 Å². The molecule has 0 aromatic heterocycles. The van der Waals surface area contributed by atoms with Gasteiger partial charge in [-0.15, -0.1) is 0 Å². The fourth-order valence-electron chi connectivity index (χ4n) is 5.30. The fraction of sp³-hybridized carbons (Fsp3) is 0.833. The van der Waals surface area contributed by atoms with E-state index >= 15 is 0 Å². The number of nitrogens with one attached hydrogen (secondary N) is 5. The van der Waals surface area contributed by atoms with Crippen molar-refractivity contribution in [3.8, 4) is 0 Å². The summed E-state index contributed by atoms with van der Waals surface area (Å²) in [5.41, 5.74) is 4.69. The predicted molar refractivity (Wildman–Crippen MR) is 128 cm³/mol. The fourth-order valence-corrected chi connectivity index (χ4v) is 5.30. The van der Waals surface area contributed by atoms with Crippen molar-refractivity contribution in [1.82, 2.24) is 31.7 Å². The summed E-state index contributed by atoms with van der Waals surface area (Å²) in [7, 11) is 0. The first-order valence-corrected chi connectivity index (χ1v) is 12.2. The zero-order chi connectivity index (χ0) is 25.6. The van der Waals surface area contributed by atoms with Crippen LogP contribution >= 0.6 is 0 Å². The first kappa shape index (κ1) is 26.2. The van der Waals surface area contributed by atoms with Crippen LogP contribution < -0.4 is 26.8 Å². The van der Waals surface area contributed by atoms with Crippen molar-refractivity contribution in [2.24, 2.45) is 22.7 Å². The van der Waals surface area contributed by atoms with Gasteiger partial charge in [0, 0.05) is 31.1 Å². The third kappa shape index (κ3) is 5.64. The second kappa shape index (κ2) is 9.02. The van der Waals surface area contributed by atoms with Crippen LogP contribution in [0.2, 0.25) is 0 Å². The highest BCUT2D eigenvalue weighted by atomic mass is 16.2. The Morgan fingerprint density at radius 3 is 2.32 bits per heavy atom. The smallest absolute Gasteiger partial charge is 0.315 e. The topological polar surface area (TPSA) is 132 Å². The Hall–Kier alpha value is -2.36. The lowest BCUT2D eigenvalue weighted by molar-refractivity contribution is -0.144. The molecule has 2 saturated heterocycles. The van der Waals surface area contributed by atoms with Crippen LogP contribution in [0.4, 0.5) is 4.79 Å². The highest BCUT2D eigenvalue weighted by Crippen LogP contribution is 2.65. The molecular formula is C24H42N6O4. The third-order valence-corrected chi connectivity index (χ3v) is 7.28. The number of hydrazine groups is 1. The van der Waals surface area contributed by atoms with Gasteiger partial charge >= 0.3 is 6.03 Å². The van der Waals surface area contributed by atoms with E-state index in [-0.39, 0.29) is 41.0 Å². The molecule has 2 heterocycles. The Balaban J connectivity index is 1.70. The van der Waals surface area contributed by atoms with E-state index in [1.165, 1.54) is 0 Å². The molecule has 34 heavy (non-hydrogen) atoms. The molecule has 192 valence electrons. The molecule has 0 spiro atoms. The van der Waals surface area contributed by atoms with Gasteiger partial charge in [0.1, 0.15) is 12.1 Å². The lowest BCUT2D eigenvalue weighted by atomic mass is 9.85. The highest BCUT2D eigenvalue weighted by molar-refractivity contribution is 5.93. The number of nitrogens with zero attached hydrogens (tertiary/aromatic N) is 1. The van der Waals surface area contributed by atoms with Crippen molar-refractivity contribution in [1.29, 1.82) is 0 Å². The molecule has 0 aromatic carbocycles. The van der Waals surface area contributed by atoms with Crippen molar-refractivity contribution in [2.75, 3.05) is 13.1 Å². The molecule has 3 fully saturated rings. The van der Waals surface area contributed by atoms with Gasteiger partial charge in [0.15, 0.2) is 0 Å². The molecule has 3 rings (SSSR count). The number of likely N-dealkylation sites (tertiary alicyclic amines) is 1. The number of amides is 5. The molecule has 0 unspecified atom stereocenters. The van der Waals surface area contributed by atoms with Gasteiger partial charge in [0.05, 0.1) is 0 Å². The summed E-state index contributed by atoms with van der Waals surface area (Å²) in [6.07, 6.45) is 1.22. The molecule has 5 atom stereocenters. The minimum absolute atomic E-state index is 0.0180. The second-order valence-corrected chi connectivity index (χ2v) is 12.7. The minimum Gasteiger partial charge on any atom is -0.352 e. The molecule has 0 bridgehead atoms. The molecule has 0 radical (unpaired) electrons. The Morgan fingerprint density at radius 2 is 1.79 bits per heavy atom. The lowest BCUT2D eigenvalue weighted by Gasteiger charge is -2.38. The van der Waals surface area contributed by atoms with Crippen LogP contribution in [-0.4, -0.2) is 65.4 Å². The number of piperidine rings is 1. The second-order valence-electron chi connectivity index (χ2n) is 12.7. The quantitative estimate of drug-likeness (QED) is 0.362. The molecule has 5 N–H and O–H groups in total. The average molecular weight is 479 g/mol. The normalized spacial score (nSPS) is 28.6. The van der Waals surface area contributed by atoms with E-state index in [2.05, 4.69) is 40.6 Å². The van der Waals surface area contributed by atoms with E-state index in [9.17, 15) is 19.2 Å². The van der Waals surface area contributed by atoms with E-state index in [1.807, 2.05) is 41.5 Å². The van der Waals surface area contributed by atoms with Gasteiger partial charge in [-0.05, 0) is 49.9 Å². The van der Waals surface area contributed by atoms with Gasteiger partial charge in [0.25, 0.3) is 5.91 Å². The number of carbonyl (C=O) groups is 4. The standard InChI is InChI=1S/C24H42N6O4/c1-22(2,3)18(27-21(34)28-23(4,5)6)20(33)30-12-14-16(24(14,7)8)17(30)19(32)29-25-11-13-9-10-15(31)26-13/h13-14,16-18,25H,9-12H2,1-8H3,(H,26,31)(H,29,32)(H2,27,28,34)/t13-,14-,16-,17-,18+/m0/s1. The molecule has 3 aliphatic rings. The number of hydrogen-bond donors (Lipinski definition) is 5. The Labute approximate surface area is 202 Å². The summed E-state index contributed by atoms with van der Waals surface area (Å²) in [5, 5.41) is 8.56. The van der Waals surface area contributed by atoms with Crippen molar-refractivity contribution in [3.63, 3.8) is 0 Å². The van der Waals surface area contributed by atoms with E-state index < -0.39 is 29.1 Å². The number of urea groups is 1. The molecule has 10 heteroatoms. The Bertz CT molecular complexity index is 843. The largest absolute Gasteiger partial charge is 0.352 e. The average Bonchev–Trinajstić information content (AvgIpc) is 3.06. The minimum atomic E-state index is -0.785. The maximum absolute atomic E-state index is 13.7. The van der Waals surface area contributed by atoms with Crippen molar-refractivity contribution >= 4 is 23.8 Å². The van der Waals surface area contributed by atoms with E-state index in [0.29, 0.717) is 19.5 Å². The molecule has 1 aliphatic carbocycles. The highest BCUT2D eigenvalue weighted by Gasteiger charge is 2.69. The van der Waals surface area contributed by atoms with Gasteiger partial charge in [-0.1, -0.05) is 34.6 Å². The maximum Gasteiger partial charge on any atom is 0.315 e. The van der Waals surface area contributed by atoms with Crippen molar-refractivity contribution < 1.29 is 19.2 Å². The van der Waals surface area contributed by atoms with Gasteiger partial charge < -0.3 is 20.9 Å². The summed E-state index contributed by atoms with van der Waals surface area (Å²) < 4.78 is 0. The molecule has 2 aliphatic heterocycles. The first-order chi connectivity index (χ1) is 15.5. The lowest BCUT2D eigenvalue weighted by Crippen LogP contribution is -2.62. The van der Waals surface area contributed by atoms with Crippen molar-refractivity contribution in [3.05, 3.63) is 0 Å². The molecule has 10 nitrogen and oxygen atoms in total. The van der Waals surface area contributed by atoms with Gasteiger partial charge in [0.2, 0.25) is 11.8 Å². The summed E-state index contributed by atoms with van der Waals surface area (Å²) >= 11 is 0. The molecule has 0 aromatic rings. The predicted octanol–water partition coefficient (Wildman–Crippen LogP) is 0.881. The monoisotopic (exact) mass is 478 g/mol. The van der Waals surface area contributed by atoms with E-state index in [4.69, 9.17) is 0 Å². The van der Waals surface area contributed by atoms with Crippen LogP contribution in [0.5, 0.6) is 0 Å². The maximum atomic E-state index is 13.7. The molecule has 1 saturated carbocycles. The summed E-state index contributed by atoms with van der Waals surface area (Å²) in [6, 6.07) is -1.83. The van der Waals surface area contributed by atoms with Crippen molar-refractivity contribution in [2.45, 2.75) is 91.9 Å². The molecule has 5 amide bonds. The van der Waals surface area contributed by atoms with Gasteiger partial charge in [-0.3, -0.25) is 19.8 Å². The number of hydrogen-bond acceptors (Lipinski definition) is 5. The van der Waals surface area contributed by atoms with Gasteiger partial charge in [-0.2, -0.15) is 0 Å². The zero-order valence-electron chi connectivity index (χ0n) is 21.8. The van der Waals surface area contributed by atoms with Gasteiger partial charge in [-0.25, -0.2) is 10.2 Å². The van der Waals surface area contributed by atoms with E-state index in [1.54, 1.807) is 4.90 Å². The molecular weight excluding hydrogens is 436 g/mol. The number of rotatable bonds is 6. The Kier molecular flexibility index (Phi) is 6.96. The summed E-state index contributed by atoms with van der Waals surface area (Å²) in [5.74, 6) is -0.186. The van der Waals surface area contributed by atoms with Crippen LogP contribution in [0, 0.1) is 22.7 Å². The van der Waals surface area contributed by atoms with E-state index in [0.717, 1.165) is 6.42 Å². The SMILES string of the molecule is CC(C)(C)NC(=O)N[C@H](C(=O)N1C[C@H]2[C@@H]([C@H]1C(=O)NNC[C@@H]1CCC(=O)N1)C2(C)C)C(C)(C)C. The first-order valence-electron chi connectivity index (χ1n) is 12.2.